The molecule has 1 heteroatoms. The lowest BCUT2D eigenvalue weighted by atomic mass is 9.70. The van der Waals surface area contributed by atoms with Crippen molar-refractivity contribution in [1.29, 1.82) is 0 Å². The van der Waals surface area contributed by atoms with Crippen molar-refractivity contribution < 1.29 is 0 Å². The van der Waals surface area contributed by atoms with E-state index in [4.69, 9.17) is 0 Å². The standard InChI is InChI=1S/C20H23N/c1-15(2)19-20(14-16(3)21-19,17-10-6-4-7-11-17)18-12-8-5-9-13-18/h4-13,16,21H,14H2,1-3H3. The SMILES string of the molecule is CC(C)=C1NC(C)CC1(c1ccccc1)c1ccccc1. The number of benzene rings is 2. The van der Waals surface area contributed by atoms with Gasteiger partial charge in [0.2, 0.25) is 0 Å². The molecule has 3 rings (SSSR count). The summed E-state index contributed by atoms with van der Waals surface area (Å²) in [6.07, 6.45) is 1.10. The van der Waals surface area contributed by atoms with Crippen molar-refractivity contribution in [3.63, 3.8) is 0 Å². The van der Waals surface area contributed by atoms with Crippen molar-refractivity contribution >= 4 is 0 Å². The highest BCUT2D eigenvalue weighted by molar-refractivity contribution is 5.51. The largest absolute Gasteiger partial charge is 0.385 e. The molecule has 1 fully saturated rings. The van der Waals surface area contributed by atoms with Crippen LogP contribution in [-0.2, 0) is 5.41 Å². The second-order valence-corrected chi connectivity index (χ2v) is 6.26. The molecule has 1 atom stereocenters. The summed E-state index contributed by atoms with van der Waals surface area (Å²) in [6.45, 7) is 6.69. The lowest BCUT2D eigenvalue weighted by Gasteiger charge is -2.32. The summed E-state index contributed by atoms with van der Waals surface area (Å²) >= 11 is 0. The second kappa shape index (κ2) is 5.40. The Hall–Kier alpha value is -2.02. The normalized spacial score (nSPS) is 20.1. The van der Waals surface area contributed by atoms with Crippen LogP contribution in [0.5, 0.6) is 0 Å². The van der Waals surface area contributed by atoms with Crippen LogP contribution in [0.2, 0.25) is 0 Å². The highest BCUT2D eigenvalue weighted by Crippen LogP contribution is 2.47. The third-order valence-corrected chi connectivity index (χ3v) is 4.46. The lowest BCUT2D eigenvalue weighted by Crippen LogP contribution is -2.29. The van der Waals surface area contributed by atoms with Gasteiger partial charge in [0.25, 0.3) is 0 Å². The molecule has 21 heavy (non-hydrogen) atoms. The van der Waals surface area contributed by atoms with E-state index in [0.29, 0.717) is 6.04 Å². The predicted octanol–water partition coefficient (Wildman–Crippen LogP) is 4.65. The van der Waals surface area contributed by atoms with Crippen LogP contribution in [0, 0.1) is 0 Å². The molecule has 1 nitrogen and oxygen atoms in total. The third-order valence-electron chi connectivity index (χ3n) is 4.46. The number of hydrogen-bond donors (Lipinski definition) is 1. The first-order chi connectivity index (χ1) is 10.1. The summed E-state index contributed by atoms with van der Waals surface area (Å²) in [4.78, 5) is 0. The maximum atomic E-state index is 3.72. The number of nitrogens with one attached hydrogen (secondary N) is 1. The van der Waals surface area contributed by atoms with Crippen molar-refractivity contribution in [1.82, 2.24) is 5.32 Å². The van der Waals surface area contributed by atoms with Crippen LogP contribution in [0.15, 0.2) is 71.9 Å². The van der Waals surface area contributed by atoms with Crippen LogP contribution in [0.3, 0.4) is 0 Å². The summed E-state index contributed by atoms with van der Waals surface area (Å²) in [7, 11) is 0. The van der Waals surface area contributed by atoms with E-state index < -0.39 is 0 Å². The fourth-order valence-corrected chi connectivity index (χ4v) is 3.69. The molecule has 2 aromatic rings. The van der Waals surface area contributed by atoms with Gasteiger partial charge in [-0.3, -0.25) is 0 Å². The van der Waals surface area contributed by atoms with Crippen LogP contribution in [-0.4, -0.2) is 6.04 Å². The molecule has 0 spiro atoms. The Morgan fingerprint density at radius 2 is 1.38 bits per heavy atom. The van der Waals surface area contributed by atoms with E-state index in [2.05, 4.69) is 86.8 Å². The van der Waals surface area contributed by atoms with Gasteiger partial charge in [-0.05, 0) is 38.3 Å². The maximum absolute atomic E-state index is 3.72. The minimum atomic E-state index is -0.0409. The average Bonchev–Trinajstić information content (AvgIpc) is 2.88. The Bertz CT molecular complexity index is 597. The zero-order valence-electron chi connectivity index (χ0n) is 13.1. The van der Waals surface area contributed by atoms with Crippen molar-refractivity contribution in [3.8, 4) is 0 Å². The topological polar surface area (TPSA) is 12.0 Å². The first-order valence-corrected chi connectivity index (χ1v) is 7.70. The van der Waals surface area contributed by atoms with Gasteiger partial charge in [-0.15, -0.1) is 0 Å². The smallest absolute Gasteiger partial charge is 0.0617 e. The molecular weight excluding hydrogens is 254 g/mol. The fourth-order valence-electron chi connectivity index (χ4n) is 3.69. The highest BCUT2D eigenvalue weighted by Gasteiger charge is 2.45. The number of hydrogen-bond acceptors (Lipinski definition) is 1. The van der Waals surface area contributed by atoms with Gasteiger partial charge in [0.15, 0.2) is 0 Å². The monoisotopic (exact) mass is 277 g/mol. The van der Waals surface area contributed by atoms with E-state index in [1.54, 1.807) is 0 Å². The fraction of sp³-hybridized carbons (Fsp3) is 0.300. The summed E-state index contributed by atoms with van der Waals surface area (Å²) in [5.74, 6) is 0. The van der Waals surface area contributed by atoms with Gasteiger partial charge in [-0.25, -0.2) is 0 Å². The van der Waals surface area contributed by atoms with Crippen LogP contribution < -0.4 is 5.32 Å². The zero-order chi connectivity index (χ0) is 14.9. The highest BCUT2D eigenvalue weighted by atomic mass is 15.0. The van der Waals surface area contributed by atoms with Gasteiger partial charge in [0.1, 0.15) is 0 Å². The molecule has 1 unspecified atom stereocenters. The molecule has 1 saturated heterocycles. The lowest BCUT2D eigenvalue weighted by molar-refractivity contribution is 0.579. The van der Waals surface area contributed by atoms with Crippen LogP contribution >= 0.6 is 0 Å². The van der Waals surface area contributed by atoms with E-state index in [-0.39, 0.29) is 5.41 Å². The van der Waals surface area contributed by atoms with Crippen LogP contribution in [0.25, 0.3) is 0 Å². The van der Waals surface area contributed by atoms with Gasteiger partial charge in [0.05, 0.1) is 5.41 Å². The summed E-state index contributed by atoms with van der Waals surface area (Å²) in [5, 5.41) is 3.72. The molecule has 0 aromatic heterocycles. The van der Waals surface area contributed by atoms with E-state index in [1.165, 1.54) is 22.4 Å². The van der Waals surface area contributed by atoms with Crippen LogP contribution in [0.4, 0.5) is 0 Å². The van der Waals surface area contributed by atoms with E-state index in [0.717, 1.165) is 6.42 Å². The summed E-state index contributed by atoms with van der Waals surface area (Å²) in [6, 6.07) is 22.3. The van der Waals surface area contributed by atoms with Crippen molar-refractivity contribution in [2.24, 2.45) is 0 Å². The minimum Gasteiger partial charge on any atom is -0.385 e. The zero-order valence-corrected chi connectivity index (χ0v) is 13.1. The minimum absolute atomic E-state index is 0.0409. The molecular formula is C20H23N. The van der Waals surface area contributed by atoms with Gasteiger partial charge >= 0.3 is 0 Å². The Morgan fingerprint density at radius 1 is 0.905 bits per heavy atom. The van der Waals surface area contributed by atoms with E-state index in [9.17, 15) is 0 Å². The molecule has 0 saturated carbocycles. The average molecular weight is 277 g/mol. The molecule has 1 aliphatic rings. The molecule has 0 amide bonds. The molecule has 0 aliphatic carbocycles. The first-order valence-electron chi connectivity index (χ1n) is 7.70. The molecule has 0 radical (unpaired) electrons. The Kier molecular flexibility index (Phi) is 3.59. The molecule has 0 bridgehead atoms. The van der Waals surface area contributed by atoms with E-state index >= 15 is 0 Å². The van der Waals surface area contributed by atoms with E-state index in [1.807, 2.05) is 0 Å². The van der Waals surface area contributed by atoms with Crippen LogP contribution in [0.1, 0.15) is 38.3 Å². The third kappa shape index (κ3) is 2.27. The van der Waals surface area contributed by atoms with Crippen molar-refractivity contribution in [2.45, 2.75) is 38.6 Å². The Balaban J connectivity index is 2.29. The summed E-state index contributed by atoms with van der Waals surface area (Å²) in [5.41, 5.74) is 5.45. The Morgan fingerprint density at radius 3 is 1.81 bits per heavy atom. The molecule has 1 heterocycles. The number of rotatable bonds is 2. The summed E-state index contributed by atoms with van der Waals surface area (Å²) < 4.78 is 0. The Labute approximate surface area is 127 Å². The quantitative estimate of drug-likeness (QED) is 0.842. The number of allylic oxidation sites excluding steroid dienone is 2. The van der Waals surface area contributed by atoms with Gasteiger partial charge in [-0.2, -0.15) is 0 Å². The second-order valence-electron chi connectivity index (χ2n) is 6.26. The molecule has 108 valence electrons. The van der Waals surface area contributed by atoms with Gasteiger partial charge < -0.3 is 5.32 Å². The van der Waals surface area contributed by atoms with Gasteiger partial charge in [0, 0.05) is 11.7 Å². The molecule has 1 N–H and O–H groups in total. The maximum Gasteiger partial charge on any atom is 0.0617 e. The molecule has 1 aliphatic heterocycles. The first kappa shape index (κ1) is 13.9. The van der Waals surface area contributed by atoms with Gasteiger partial charge in [-0.1, -0.05) is 66.2 Å². The predicted molar refractivity (Wildman–Crippen MR) is 89.3 cm³/mol. The van der Waals surface area contributed by atoms with Crippen molar-refractivity contribution in [3.05, 3.63) is 83.1 Å². The molecule has 2 aromatic carbocycles. The van der Waals surface area contributed by atoms with Crippen molar-refractivity contribution in [2.75, 3.05) is 0 Å².